The third kappa shape index (κ3) is 2.39. The second-order valence-corrected chi connectivity index (χ2v) is 4.10. The number of aliphatic hydroxyl groups is 1. The molecule has 1 heterocycles. The topological polar surface area (TPSA) is 71.2 Å². The molecule has 0 saturated heterocycles. The van der Waals surface area contributed by atoms with Crippen LogP contribution in [-0.4, -0.2) is 22.7 Å². The second kappa shape index (κ2) is 4.49. The number of hydrogen-bond acceptors (Lipinski definition) is 4. The van der Waals surface area contributed by atoms with Crippen molar-refractivity contribution >= 4 is 11.4 Å². The van der Waals surface area contributed by atoms with Gasteiger partial charge >= 0.3 is 0 Å². The minimum absolute atomic E-state index is 0.152. The standard InChI is InChI=1S/C11H17N3O/c12-9-7-13-5-4-10(9)14-6-8-2-1-3-11(8)15/h4-5,7-8,11,15H,1-3,6,12H2,(H,13,14). The Balaban J connectivity index is 1.90. The number of rotatable bonds is 3. The normalized spacial score (nSPS) is 25.4. The third-order valence-corrected chi connectivity index (χ3v) is 3.03. The number of nitrogens with one attached hydrogen (secondary N) is 1. The van der Waals surface area contributed by atoms with Gasteiger partial charge < -0.3 is 16.2 Å². The summed E-state index contributed by atoms with van der Waals surface area (Å²) in [6, 6.07) is 1.86. The van der Waals surface area contributed by atoms with Crippen LogP contribution in [0.3, 0.4) is 0 Å². The Labute approximate surface area is 89.5 Å². The maximum atomic E-state index is 9.65. The zero-order valence-corrected chi connectivity index (χ0v) is 8.69. The Morgan fingerprint density at radius 2 is 2.40 bits per heavy atom. The lowest BCUT2D eigenvalue weighted by atomic mass is 10.1. The van der Waals surface area contributed by atoms with Crippen LogP contribution in [0.1, 0.15) is 19.3 Å². The van der Waals surface area contributed by atoms with Crippen LogP contribution in [0.25, 0.3) is 0 Å². The predicted octanol–water partition coefficient (Wildman–Crippen LogP) is 1.24. The van der Waals surface area contributed by atoms with Crippen molar-refractivity contribution in [3.8, 4) is 0 Å². The van der Waals surface area contributed by atoms with Gasteiger partial charge in [-0.05, 0) is 18.9 Å². The summed E-state index contributed by atoms with van der Waals surface area (Å²) in [6.45, 7) is 0.787. The third-order valence-electron chi connectivity index (χ3n) is 3.03. The zero-order chi connectivity index (χ0) is 10.7. The van der Waals surface area contributed by atoms with E-state index in [0.717, 1.165) is 31.5 Å². The molecule has 0 aliphatic heterocycles. The van der Waals surface area contributed by atoms with Gasteiger partial charge in [-0.1, -0.05) is 6.42 Å². The molecule has 0 aromatic carbocycles. The highest BCUT2D eigenvalue weighted by Gasteiger charge is 2.24. The molecular formula is C11H17N3O. The summed E-state index contributed by atoms with van der Waals surface area (Å²) in [6.07, 6.45) is 6.34. The van der Waals surface area contributed by atoms with Gasteiger partial charge in [-0.3, -0.25) is 4.98 Å². The van der Waals surface area contributed by atoms with Crippen LogP contribution in [0.2, 0.25) is 0 Å². The molecule has 1 saturated carbocycles. The number of hydrogen-bond donors (Lipinski definition) is 3. The Hall–Kier alpha value is -1.29. The predicted molar refractivity (Wildman–Crippen MR) is 60.5 cm³/mol. The van der Waals surface area contributed by atoms with E-state index in [1.165, 1.54) is 0 Å². The van der Waals surface area contributed by atoms with Gasteiger partial charge in [0.1, 0.15) is 0 Å². The fourth-order valence-corrected chi connectivity index (χ4v) is 2.06. The van der Waals surface area contributed by atoms with E-state index in [-0.39, 0.29) is 6.10 Å². The van der Waals surface area contributed by atoms with Crippen LogP contribution in [0.5, 0.6) is 0 Å². The molecule has 1 aliphatic carbocycles. The lowest BCUT2D eigenvalue weighted by Gasteiger charge is -2.16. The average molecular weight is 207 g/mol. The number of nitrogens with two attached hydrogens (primary N) is 1. The highest BCUT2D eigenvalue weighted by Crippen LogP contribution is 2.26. The summed E-state index contributed by atoms with van der Waals surface area (Å²) in [5.41, 5.74) is 7.32. The van der Waals surface area contributed by atoms with E-state index >= 15 is 0 Å². The van der Waals surface area contributed by atoms with Gasteiger partial charge in [0.15, 0.2) is 0 Å². The maximum absolute atomic E-state index is 9.65. The average Bonchev–Trinajstić information content (AvgIpc) is 2.63. The number of aliphatic hydroxyl groups excluding tert-OH is 1. The fraction of sp³-hybridized carbons (Fsp3) is 0.545. The number of aromatic nitrogens is 1. The minimum atomic E-state index is -0.152. The van der Waals surface area contributed by atoms with E-state index in [0.29, 0.717) is 11.6 Å². The number of nitrogens with zero attached hydrogens (tertiary/aromatic N) is 1. The monoisotopic (exact) mass is 207 g/mol. The number of pyridine rings is 1. The number of anilines is 2. The summed E-state index contributed by atoms with van der Waals surface area (Å²) < 4.78 is 0. The van der Waals surface area contributed by atoms with Crippen LogP contribution < -0.4 is 11.1 Å². The van der Waals surface area contributed by atoms with Crippen LogP contribution >= 0.6 is 0 Å². The van der Waals surface area contributed by atoms with E-state index in [1.807, 2.05) is 6.07 Å². The van der Waals surface area contributed by atoms with E-state index in [1.54, 1.807) is 12.4 Å². The Morgan fingerprint density at radius 3 is 3.07 bits per heavy atom. The summed E-state index contributed by atoms with van der Waals surface area (Å²) >= 11 is 0. The molecule has 1 aromatic heterocycles. The summed E-state index contributed by atoms with van der Waals surface area (Å²) in [5.74, 6) is 0.359. The molecule has 1 aliphatic rings. The molecule has 2 atom stereocenters. The molecule has 2 unspecified atom stereocenters. The SMILES string of the molecule is Nc1cnccc1NCC1CCCC1O. The lowest BCUT2D eigenvalue weighted by Crippen LogP contribution is -2.22. The van der Waals surface area contributed by atoms with Crippen molar-refractivity contribution in [3.63, 3.8) is 0 Å². The quantitative estimate of drug-likeness (QED) is 0.697. The molecule has 1 aromatic rings. The van der Waals surface area contributed by atoms with Crippen LogP contribution in [-0.2, 0) is 0 Å². The molecule has 0 spiro atoms. The summed E-state index contributed by atoms with van der Waals surface area (Å²) in [4.78, 5) is 3.93. The van der Waals surface area contributed by atoms with Gasteiger partial charge in [-0.2, -0.15) is 0 Å². The molecule has 4 heteroatoms. The van der Waals surface area contributed by atoms with Crippen molar-refractivity contribution in [1.29, 1.82) is 0 Å². The molecule has 1 fully saturated rings. The molecule has 0 amide bonds. The smallest absolute Gasteiger partial charge is 0.0736 e. The Bertz CT molecular complexity index is 329. The van der Waals surface area contributed by atoms with Gasteiger partial charge in [-0.25, -0.2) is 0 Å². The first-order valence-corrected chi connectivity index (χ1v) is 5.39. The van der Waals surface area contributed by atoms with Crippen LogP contribution in [0.4, 0.5) is 11.4 Å². The minimum Gasteiger partial charge on any atom is -0.396 e. The first-order valence-electron chi connectivity index (χ1n) is 5.39. The van der Waals surface area contributed by atoms with E-state index < -0.39 is 0 Å². The van der Waals surface area contributed by atoms with E-state index in [9.17, 15) is 5.11 Å². The van der Waals surface area contributed by atoms with Crippen LogP contribution in [0, 0.1) is 5.92 Å². The van der Waals surface area contributed by atoms with Crippen molar-refractivity contribution in [2.75, 3.05) is 17.6 Å². The Kier molecular flexibility index (Phi) is 3.06. The van der Waals surface area contributed by atoms with Crippen molar-refractivity contribution in [1.82, 2.24) is 4.98 Å². The van der Waals surface area contributed by atoms with Crippen molar-refractivity contribution in [2.24, 2.45) is 5.92 Å². The maximum Gasteiger partial charge on any atom is 0.0736 e. The van der Waals surface area contributed by atoms with Crippen molar-refractivity contribution in [2.45, 2.75) is 25.4 Å². The van der Waals surface area contributed by atoms with Crippen molar-refractivity contribution < 1.29 is 5.11 Å². The van der Waals surface area contributed by atoms with E-state index in [4.69, 9.17) is 5.73 Å². The lowest BCUT2D eigenvalue weighted by molar-refractivity contribution is 0.138. The van der Waals surface area contributed by atoms with Crippen LogP contribution in [0.15, 0.2) is 18.5 Å². The molecular weight excluding hydrogens is 190 g/mol. The first kappa shape index (κ1) is 10.2. The molecule has 2 rings (SSSR count). The fourth-order valence-electron chi connectivity index (χ4n) is 2.06. The van der Waals surface area contributed by atoms with Gasteiger partial charge in [0.05, 0.1) is 23.7 Å². The van der Waals surface area contributed by atoms with E-state index in [2.05, 4.69) is 10.3 Å². The number of nitrogen functional groups attached to an aromatic ring is 1. The zero-order valence-electron chi connectivity index (χ0n) is 8.69. The second-order valence-electron chi connectivity index (χ2n) is 4.10. The highest BCUT2D eigenvalue weighted by molar-refractivity contribution is 5.64. The van der Waals surface area contributed by atoms with Gasteiger partial charge in [0, 0.05) is 18.7 Å². The molecule has 4 nitrogen and oxygen atoms in total. The molecule has 0 bridgehead atoms. The molecule has 15 heavy (non-hydrogen) atoms. The molecule has 4 N–H and O–H groups in total. The van der Waals surface area contributed by atoms with Gasteiger partial charge in [0.2, 0.25) is 0 Å². The summed E-state index contributed by atoms with van der Waals surface area (Å²) in [5, 5.41) is 12.9. The highest BCUT2D eigenvalue weighted by atomic mass is 16.3. The largest absolute Gasteiger partial charge is 0.396 e. The molecule has 82 valence electrons. The molecule has 0 radical (unpaired) electrons. The Morgan fingerprint density at radius 1 is 1.53 bits per heavy atom. The first-order chi connectivity index (χ1) is 7.27. The van der Waals surface area contributed by atoms with Gasteiger partial charge in [-0.15, -0.1) is 0 Å². The summed E-state index contributed by atoms with van der Waals surface area (Å²) in [7, 11) is 0. The van der Waals surface area contributed by atoms with Crippen molar-refractivity contribution in [3.05, 3.63) is 18.5 Å². The van der Waals surface area contributed by atoms with Gasteiger partial charge in [0.25, 0.3) is 0 Å².